The molecule has 0 unspecified atom stereocenters. The molecule has 1 aliphatic heterocycles. The van der Waals surface area contributed by atoms with Crippen LogP contribution in [0.25, 0.3) is 0 Å². The lowest BCUT2D eigenvalue weighted by Crippen LogP contribution is -2.37. The second-order valence-corrected chi connectivity index (χ2v) is 5.59. The molecule has 7 heteroatoms. The quantitative estimate of drug-likeness (QED) is 0.479. The van der Waals surface area contributed by atoms with Crippen LogP contribution in [-0.4, -0.2) is 31.1 Å². The van der Waals surface area contributed by atoms with Crippen LogP contribution < -0.4 is 4.90 Å². The van der Waals surface area contributed by atoms with Crippen LogP contribution in [0.2, 0.25) is 0 Å². The number of carbonyl (C=O) groups is 1. The van der Waals surface area contributed by atoms with E-state index >= 15 is 0 Å². The van der Waals surface area contributed by atoms with E-state index in [1.54, 1.807) is 12.1 Å². The molecule has 0 atom stereocenters. The topological polar surface area (TPSA) is 72.7 Å². The predicted molar refractivity (Wildman–Crippen MR) is 77.7 cm³/mol. The average Bonchev–Trinajstić information content (AvgIpc) is 2.46. The first kappa shape index (κ1) is 14.8. The maximum Gasteiger partial charge on any atom is 0.308 e. The summed E-state index contributed by atoms with van der Waals surface area (Å²) < 4.78 is 5.54. The zero-order chi connectivity index (χ0) is 14.7. The molecule has 0 spiro atoms. The number of methoxy groups -OCH3 is 1. The van der Waals surface area contributed by atoms with Gasteiger partial charge in [0.15, 0.2) is 0 Å². The highest BCUT2D eigenvalue weighted by atomic mass is 79.9. The van der Waals surface area contributed by atoms with Gasteiger partial charge in [-0.25, -0.2) is 0 Å². The molecule has 6 nitrogen and oxygen atoms in total. The Morgan fingerprint density at radius 1 is 1.45 bits per heavy atom. The number of hydrogen-bond donors (Lipinski definition) is 0. The molecule has 1 aromatic carbocycles. The molecule has 20 heavy (non-hydrogen) atoms. The zero-order valence-electron chi connectivity index (χ0n) is 11.0. The monoisotopic (exact) mass is 342 g/mol. The van der Waals surface area contributed by atoms with E-state index in [-0.39, 0.29) is 22.5 Å². The molecule has 1 aliphatic rings. The van der Waals surface area contributed by atoms with Crippen molar-refractivity contribution in [2.75, 3.05) is 25.1 Å². The molecule has 1 heterocycles. The van der Waals surface area contributed by atoms with Crippen LogP contribution in [0.5, 0.6) is 0 Å². The summed E-state index contributed by atoms with van der Waals surface area (Å²) in [5.74, 6) is -0.309. The van der Waals surface area contributed by atoms with Gasteiger partial charge in [-0.2, -0.15) is 0 Å². The van der Waals surface area contributed by atoms with Crippen LogP contribution in [0, 0.1) is 16.0 Å². The summed E-state index contributed by atoms with van der Waals surface area (Å²) >= 11 is 3.33. The SMILES string of the molecule is COC(=O)C1CCN(c2cc(Br)ccc2[N+](=O)[O-])CC1. The van der Waals surface area contributed by atoms with E-state index in [1.165, 1.54) is 13.2 Å². The normalized spacial score (nSPS) is 16.0. The van der Waals surface area contributed by atoms with Gasteiger partial charge in [0, 0.05) is 23.6 Å². The Bertz CT molecular complexity index is 527. The molecule has 2 rings (SSSR count). The lowest BCUT2D eigenvalue weighted by molar-refractivity contribution is -0.384. The molecule has 1 saturated heterocycles. The molecule has 0 amide bonds. The highest BCUT2D eigenvalue weighted by molar-refractivity contribution is 9.10. The van der Waals surface area contributed by atoms with Crippen molar-refractivity contribution in [3.8, 4) is 0 Å². The van der Waals surface area contributed by atoms with Gasteiger partial charge in [0.05, 0.1) is 18.0 Å². The molecule has 0 saturated carbocycles. The van der Waals surface area contributed by atoms with E-state index in [2.05, 4.69) is 15.9 Å². The Morgan fingerprint density at radius 2 is 2.10 bits per heavy atom. The second kappa shape index (κ2) is 6.21. The molecule has 0 aliphatic carbocycles. The molecule has 0 radical (unpaired) electrons. The molecule has 1 fully saturated rings. The Balaban J connectivity index is 2.16. The summed E-state index contributed by atoms with van der Waals surface area (Å²) in [5.41, 5.74) is 0.678. The summed E-state index contributed by atoms with van der Waals surface area (Å²) in [5, 5.41) is 11.1. The second-order valence-electron chi connectivity index (χ2n) is 4.67. The highest BCUT2D eigenvalue weighted by Crippen LogP contribution is 2.34. The minimum absolute atomic E-state index is 0.0877. The highest BCUT2D eigenvalue weighted by Gasteiger charge is 2.28. The first-order valence-corrected chi connectivity index (χ1v) is 7.09. The maximum absolute atomic E-state index is 11.5. The van der Waals surface area contributed by atoms with E-state index in [9.17, 15) is 14.9 Å². The summed E-state index contributed by atoms with van der Waals surface area (Å²) in [6, 6.07) is 4.89. The van der Waals surface area contributed by atoms with Crippen molar-refractivity contribution in [3.63, 3.8) is 0 Å². The summed E-state index contributed by atoms with van der Waals surface area (Å²) in [7, 11) is 1.38. The number of benzene rings is 1. The van der Waals surface area contributed by atoms with Crippen LogP contribution in [0.15, 0.2) is 22.7 Å². The van der Waals surface area contributed by atoms with Crippen LogP contribution in [-0.2, 0) is 9.53 Å². The number of nitro groups is 1. The molecule has 108 valence electrons. The largest absolute Gasteiger partial charge is 0.469 e. The van der Waals surface area contributed by atoms with Gasteiger partial charge in [-0.3, -0.25) is 14.9 Å². The van der Waals surface area contributed by atoms with Crippen molar-refractivity contribution in [2.45, 2.75) is 12.8 Å². The van der Waals surface area contributed by atoms with Gasteiger partial charge in [0.2, 0.25) is 0 Å². The molecule has 0 bridgehead atoms. The summed E-state index contributed by atoms with van der Waals surface area (Å²) in [4.78, 5) is 24.1. The number of nitro benzene ring substituents is 1. The van der Waals surface area contributed by atoms with Crippen molar-refractivity contribution in [1.82, 2.24) is 0 Å². The van der Waals surface area contributed by atoms with Crippen molar-refractivity contribution in [2.24, 2.45) is 5.92 Å². The van der Waals surface area contributed by atoms with Gasteiger partial charge in [0.1, 0.15) is 5.69 Å². The third-order valence-corrected chi connectivity index (χ3v) is 4.00. The van der Waals surface area contributed by atoms with Crippen LogP contribution in [0.1, 0.15) is 12.8 Å². The number of ether oxygens (including phenoxy) is 1. The molecule has 0 N–H and O–H groups in total. The smallest absolute Gasteiger partial charge is 0.308 e. The van der Waals surface area contributed by atoms with E-state index in [0.29, 0.717) is 31.6 Å². The van der Waals surface area contributed by atoms with Crippen LogP contribution in [0.4, 0.5) is 11.4 Å². The number of piperidine rings is 1. The van der Waals surface area contributed by atoms with Crippen LogP contribution >= 0.6 is 15.9 Å². The standard InChI is InChI=1S/C13H15BrN2O4/c1-20-13(17)9-4-6-15(7-5-9)12-8-10(14)2-3-11(12)16(18)19/h2-3,8-9H,4-7H2,1H3. The number of hydrogen-bond acceptors (Lipinski definition) is 5. The van der Waals surface area contributed by atoms with Gasteiger partial charge >= 0.3 is 5.97 Å². The number of carbonyl (C=O) groups excluding carboxylic acids is 1. The van der Waals surface area contributed by atoms with Crippen molar-refractivity contribution >= 4 is 33.3 Å². The van der Waals surface area contributed by atoms with E-state index < -0.39 is 0 Å². The fourth-order valence-electron chi connectivity index (χ4n) is 2.43. The Labute approximate surface area is 125 Å². The van der Waals surface area contributed by atoms with Gasteiger partial charge in [-0.15, -0.1) is 0 Å². The van der Waals surface area contributed by atoms with E-state index in [4.69, 9.17) is 4.74 Å². The molecular formula is C13H15BrN2O4. The maximum atomic E-state index is 11.5. The van der Waals surface area contributed by atoms with Crippen molar-refractivity contribution in [3.05, 3.63) is 32.8 Å². The summed E-state index contributed by atoms with van der Waals surface area (Å²) in [6.07, 6.45) is 1.30. The average molecular weight is 343 g/mol. The fourth-order valence-corrected chi connectivity index (χ4v) is 2.78. The minimum atomic E-state index is -0.381. The fraction of sp³-hybridized carbons (Fsp3) is 0.462. The molecule has 0 aromatic heterocycles. The van der Waals surface area contributed by atoms with E-state index in [1.807, 2.05) is 4.90 Å². The number of nitrogens with zero attached hydrogens (tertiary/aromatic N) is 2. The Kier molecular flexibility index (Phi) is 4.59. The van der Waals surface area contributed by atoms with Gasteiger partial charge < -0.3 is 9.64 Å². The van der Waals surface area contributed by atoms with Gasteiger partial charge in [0.25, 0.3) is 5.69 Å². The van der Waals surface area contributed by atoms with Crippen molar-refractivity contribution < 1.29 is 14.5 Å². The first-order chi connectivity index (χ1) is 9.52. The number of esters is 1. The lowest BCUT2D eigenvalue weighted by atomic mass is 9.96. The lowest BCUT2D eigenvalue weighted by Gasteiger charge is -2.32. The number of anilines is 1. The minimum Gasteiger partial charge on any atom is -0.469 e. The third-order valence-electron chi connectivity index (χ3n) is 3.50. The zero-order valence-corrected chi connectivity index (χ0v) is 12.6. The molecule has 1 aromatic rings. The Morgan fingerprint density at radius 3 is 2.65 bits per heavy atom. The first-order valence-electron chi connectivity index (χ1n) is 6.29. The molecular weight excluding hydrogens is 328 g/mol. The number of halogens is 1. The van der Waals surface area contributed by atoms with E-state index in [0.717, 1.165) is 4.47 Å². The van der Waals surface area contributed by atoms with Crippen LogP contribution in [0.3, 0.4) is 0 Å². The Hall–Kier alpha value is -1.63. The number of rotatable bonds is 3. The third kappa shape index (κ3) is 3.09. The van der Waals surface area contributed by atoms with Crippen molar-refractivity contribution in [1.29, 1.82) is 0 Å². The van der Waals surface area contributed by atoms with Gasteiger partial charge in [-0.05, 0) is 25.0 Å². The predicted octanol–water partition coefficient (Wildman–Crippen LogP) is 2.75. The van der Waals surface area contributed by atoms with Gasteiger partial charge in [-0.1, -0.05) is 15.9 Å². The summed E-state index contributed by atoms with van der Waals surface area (Å²) in [6.45, 7) is 1.22.